The topological polar surface area (TPSA) is 38.8 Å². The molecule has 0 bridgehead atoms. The summed E-state index contributed by atoms with van der Waals surface area (Å²) in [6, 6.07) is 6.13. The molecule has 1 unspecified atom stereocenters. The maximum absolute atomic E-state index is 11.7. The number of carbonyl (C=O) groups excluding carboxylic acids is 1. The van der Waals surface area contributed by atoms with Crippen LogP contribution in [0.3, 0.4) is 0 Å². The van der Waals surface area contributed by atoms with Crippen molar-refractivity contribution < 1.29 is 14.3 Å². The van der Waals surface area contributed by atoms with Crippen molar-refractivity contribution in [1.82, 2.24) is 4.90 Å². The number of nitrogens with zero attached hydrogens (tertiary/aromatic N) is 1. The highest BCUT2D eigenvalue weighted by molar-refractivity contribution is 9.10. The van der Waals surface area contributed by atoms with Gasteiger partial charge in [0, 0.05) is 10.0 Å². The standard InChI is InChI=1S/C22H32BrNO3/c1-3-26-21(25)16-24-12-10-22(11-13-24)9-7-18(15-22)8-14-27-20-6-4-5-19(23)17(20)2/h4-6,18H,3,7-16H2,1-2H3. The normalized spacial score (nSPS) is 22.1. The number of ether oxygens (including phenoxy) is 2. The van der Waals surface area contributed by atoms with Crippen LogP contribution < -0.4 is 4.74 Å². The SMILES string of the molecule is CCOC(=O)CN1CCC2(CCC(CCOc3cccc(Br)c3C)C2)CC1. The molecule has 1 heterocycles. The van der Waals surface area contributed by atoms with Gasteiger partial charge in [-0.2, -0.15) is 0 Å². The average molecular weight is 438 g/mol. The molecule has 1 aliphatic carbocycles. The summed E-state index contributed by atoms with van der Waals surface area (Å²) in [4.78, 5) is 13.9. The van der Waals surface area contributed by atoms with E-state index in [1.807, 2.05) is 13.0 Å². The lowest BCUT2D eigenvalue weighted by Crippen LogP contribution is -2.41. The minimum absolute atomic E-state index is 0.0854. The van der Waals surface area contributed by atoms with Crippen molar-refractivity contribution in [2.24, 2.45) is 11.3 Å². The molecule has 1 saturated carbocycles. The lowest BCUT2D eigenvalue weighted by atomic mass is 9.76. The van der Waals surface area contributed by atoms with Crippen molar-refractivity contribution in [3.8, 4) is 5.75 Å². The number of benzene rings is 1. The van der Waals surface area contributed by atoms with E-state index in [4.69, 9.17) is 9.47 Å². The van der Waals surface area contributed by atoms with Crippen LogP contribution in [0.25, 0.3) is 0 Å². The molecule has 1 aromatic rings. The van der Waals surface area contributed by atoms with Crippen molar-refractivity contribution in [3.63, 3.8) is 0 Å². The first-order valence-corrected chi connectivity index (χ1v) is 11.1. The van der Waals surface area contributed by atoms with Crippen LogP contribution in [0.15, 0.2) is 22.7 Å². The maximum Gasteiger partial charge on any atom is 0.320 e. The van der Waals surface area contributed by atoms with Gasteiger partial charge in [0.05, 0.1) is 19.8 Å². The van der Waals surface area contributed by atoms with E-state index in [0.29, 0.717) is 18.6 Å². The van der Waals surface area contributed by atoms with Gasteiger partial charge in [0.15, 0.2) is 0 Å². The molecule has 3 rings (SSSR count). The first-order chi connectivity index (χ1) is 13.0. The van der Waals surface area contributed by atoms with Crippen LogP contribution in [0, 0.1) is 18.3 Å². The van der Waals surface area contributed by atoms with Gasteiger partial charge in [-0.3, -0.25) is 9.69 Å². The third kappa shape index (κ3) is 5.47. The summed E-state index contributed by atoms with van der Waals surface area (Å²) < 4.78 is 12.2. The molecule has 150 valence electrons. The number of hydrogen-bond donors (Lipinski definition) is 0. The molecule has 4 nitrogen and oxygen atoms in total. The van der Waals surface area contributed by atoms with Crippen molar-refractivity contribution in [2.75, 3.05) is 32.8 Å². The van der Waals surface area contributed by atoms with Crippen LogP contribution >= 0.6 is 15.9 Å². The van der Waals surface area contributed by atoms with Gasteiger partial charge in [-0.05, 0) is 88.9 Å². The molecule has 5 heteroatoms. The monoisotopic (exact) mass is 437 g/mol. The molecule has 0 amide bonds. The zero-order valence-electron chi connectivity index (χ0n) is 16.6. The Morgan fingerprint density at radius 3 is 2.81 bits per heavy atom. The van der Waals surface area contributed by atoms with E-state index in [0.717, 1.165) is 42.3 Å². The smallest absolute Gasteiger partial charge is 0.320 e. The van der Waals surface area contributed by atoms with Crippen molar-refractivity contribution in [2.45, 2.75) is 52.4 Å². The molecule has 27 heavy (non-hydrogen) atoms. The molecular weight excluding hydrogens is 406 g/mol. The third-order valence-corrected chi connectivity index (χ3v) is 7.24. The largest absolute Gasteiger partial charge is 0.493 e. The highest BCUT2D eigenvalue weighted by Crippen LogP contribution is 2.49. The predicted octanol–water partition coefficient (Wildman–Crippen LogP) is 4.97. The Morgan fingerprint density at radius 2 is 2.07 bits per heavy atom. The quantitative estimate of drug-likeness (QED) is 0.564. The number of hydrogen-bond acceptors (Lipinski definition) is 4. The predicted molar refractivity (Wildman–Crippen MR) is 111 cm³/mol. The van der Waals surface area contributed by atoms with Gasteiger partial charge in [-0.1, -0.05) is 22.0 Å². The van der Waals surface area contributed by atoms with Gasteiger partial charge < -0.3 is 9.47 Å². The van der Waals surface area contributed by atoms with E-state index in [1.165, 1.54) is 37.7 Å². The molecule has 1 saturated heterocycles. The maximum atomic E-state index is 11.7. The molecule has 2 fully saturated rings. The number of rotatable bonds is 7. The van der Waals surface area contributed by atoms with Crippen molar-refractivity contribution in [1.29, 1.82) is 0 Å². The molecule has 0 aromatic heterocycles. The number of piperidine rings is 1. The summed E-state index contributed by atoms with van der Waals surface area (Å²) in [6.07, 6.45) is 7.55. The lowest BCUT2D eigenvalue weighted by molar-refractivity contribution is -0.145. The van der Waals surface area contributed by atoms with E-state index >= 15 is 0 Å². The van der Waals surface area contributed by atoms with Crippen LogP contribution in [-0.2, 0) is 9.53 Å². The summed E-state index contributed by atoms with van der Waals surface area (Å²) in [7, 11) is 0. The fraction of sp³-hybridized carbons (Fsp3) is 0.682. The molecule has 1 aromatic carbocycles. The van der Waals surface area contributed by atoms with Crippen LogP contribution in [0.5, 0.6) is 5.75 Å². The first-order valence-electron chi connectivity index (χ1n) is 10.3. The molecular formula is C22H32BrNO3. The Morgan fingerprint density at radius 1 is 1.30 bits per heavy atom. The van der Waals surface area contributed by atoms with E-state index in [9.17, 15) is 4.79 Å². The zero-order chi connectivity index (χ0) is 19.3. The van der Waals surface area contributed by atoms with Crippen molar-refractivity contribution >= 4 is 21.9 Å². The molecule has 1 atom stereocenters. The second kappa shape index (κ2) is 9.42. The van der Waals surface area contributed by atoms with E-state index < -0.39 is 0 Å². The minimum Gasteiger partial charge on any atom is -0.493 e. The summed E-state index contributed by atoms with van der Waals surface area (Å²) in [5.41, 5.74) is 1.68. The lowest BCUT2D eigenvalue weighted by Gasteiger charge is -2.39. The number of carbonyl (C=O) groups is 1. The highest BCUT2D eigenvalue weighted by Gasteiger charge is 2.41. The summed E-state index contributed by atoms with van der Waals surface area (Å²) in [5.74, 6) is 1.68. The second-order valence-electron chi connectivity index (χ2n) is 8.19. The van der Waals surface area contributed by atoms with Gasteiger partial charge in [0.2, 0.25) is 0 Å². The zero-order valence-corrected chi connectivity index (χ0v) is 18.2. The summed E-state index contributed by atoms with van der Waals surface area (Å²) in [5, 5.41) is 0. The van der Waals surface area contributed by atoms with Crippen LogP contribution in [0.2, 0.25) is 0 Å². The van der Waals surface area contributed by atoms with Crippen LogP contribution in [-0.4, -0.2) is 43.7 Å². The Hall–Kier alpha value is -1.07. The van der Waals surface area contributed by atoms with Gasteiger partial charge in [-0.15, -0.1) is 0 Å². The number of likely N-dealkylation sites (tertiary alicyclic amines) is 1. The van der Waals surface area contributed by atoms with Crippen LogP contribution in [0.4, 0.5) is 0 Å². The highest BCUT2D eigenvalue weighted by atomic mass is 79.9. The fourth-order valence-electron chi connectivity index (χ4n) is 4.68. The van der Waals surface area contributed by atoms with Gasteiger partial charge in [0.25, 0.3) is 0 Å². The Kier molecular flexibility index (Phi) is 7.21. The molecule has 1 spiro atoms. The average Bonchev–Trinajstić information content (AvgIpc) is 3.04. The van der Waals surface area contributed by atoms with Gasteiger partial charge in [0.1, 0.15) is 5.75 Å². The fourth-order valence-corrected chi connectivity index (χ4v) is 5.03. The van der Waals surface area contributed by atoms with E-state index in [1.54, 1.807) is 0 Å². The first kappa shape index (κ1) is 20.7. The molecule has 0 N–H and O–H groups in total. The number of halogens is 1. The molecule has 0 radical (unpaired) electrons. The Bertz CT molecular complexity index is 640. The molecule has 1 aliphatic heterocycles. The second-order valence-corrected chi connectivity index (χ2v) is 9.04. The van der Waals surface area contributed by atoms with E-state index in [2.05, 4.69) is 39.9 Å². The third-order valence-electron chi connectivity index (χ3n) is 6.38. The van der Waals surface area contributed by atoms with E-state index in [-0.39, 0.29) is 5.97 Å². The van der Waals surface area contributed by atoms with Crippen LogP contribution in [0.1, 0.15) is 51.0 Å². The Balaban J connectivity index is 1.40. The summed E-state index contributed by atoms with van der Waals surface area (Å²) in [6.45, 7) is 7.73. The Labute approximate surface area is 171 Å². The summed E-state index contributed by atoms with van der Waals surface area (Å²) >= 11 is 3.57. The van der Waals surface area contributed by atoms with Crippen molar-refractivity contribution in [3.05, 3.63) is 28.2 Å². The number of esters is 1. The van der Waals surface area contributed by atoms with Gasteiger partial charge in [-0.25, -0.2) is 0 Å². The minimum atomic E-state index is -0.0854. The molecule has 2 aliphatic rings. The van der Waals surface area contributed by atoms with Gasteiger partial charge >= 0.3 is 5.97 Å².